The molecule has 18 heavy (non-hydrogen) atoms. The summed E-state index contributed by atoms with van der Waals surface area (Å²) >= 11 is 0. The van der Waals surface area contributed by atoms with Gasteiger partial charge in [-0.2, -0.15) is 0 Å². The first-order valence-electron chi connectivity index (χ1n) is 6.92. The van der Waals surface area contributed by atoms with E-state index >= 15 is 0 Å². The Morgan fingerprint density at radius 1 is 1.39 bits per heavy atom. The molecule has 0 saturated carbocycles. The SMILES string of the molecule is CCNC(CCOCC)c1cccc2c1OCC2. The van der Waals surface area contributed by atoms with E-state index in [1.807, 2.05) is 6.92 Å². The van der Waals surface area contributed by atoms with Crippen molar-refractivity contribution in [2.45, 2.75) is 32.7 Å². The number of benzene rings is 1. The Balaban J connectivity index is 2.12. The van der Waals surface area contributed by atoms with Crippen LogP contribution < -0.4 is 10.1 Å². The number of ether oxygens (including phenoxy) is 2. The van der Waals surface area contributed by atoms with Crippen LogP contribution in [0.3, 0.4) is 0 Å². The molecule has 1 N–H and O–H groups in total. The van der Waals surface area contributed by atoms with E-state index in [4.69, 9.17) is 9.47 Å². The molecule has 1 aromatic rings. The lowest BCUT2D eigenvalue weighted by Gasteiger charge is -2.20. The van der Waals surface area contributed by atoms with E-state index in [9.17, 15) is 0 Å². The second-order valence-corrected chi connectivity index (χ2v) is 4.53. The summed E-state index contributed by atoms with van der Waals surface area (Å²) in [6.07, 6.45) is 2.02. The van der Waals surface area contributed by atoms with Crippen molar-refractivity contribution in [3.8, 4) is 5.75 Å². The van der Waals surface area contributed by atoms with Gasteiger partial charge in [0.1, 0.15) is 5.75 Å². The minimum absolute atomic E-state index is 0.328. The second-order valence-electron chi connectivity index (χ2n) is 4.53. The van der Waals surface area contributed by atoms with E-state index in [0.29, 0.717) is 6.04 Å². The summed E-state index contributed by atoms with van der Waals surface area (Å²) in [6.45, 7) is 7.51. The fourth-order valence-electron chi connectivity index (χ4n) is 2.47. The average molecular weight is 249 g/mol. The quantitative estimate of drug-likeness (QED) is 0.754. The number of hydrogen-bond donors (Lipinski definition) is 1. The molecule has 1 unspecified atom stereocenters. The Labute approximate surface area is 109 Å². The van der Waals surface area contributed by atoms with Crippen molar-refractivity contribution in [2.75, 3.05) is 26.4 Å². The molecule has 1 atom stereocenters. The predicted octanol–water partition coefficient (Wildman–Crippen LogP) is 2.70. The first-order chi connectivity index (χ1) is 8.86. The zero-order valence-electron chi connectivity index (χ0n) is 11.4. The normalized spacial score (nSPS) is 15.2. The number of rotatable bonds is 7. The minimum Gasteiger partial charge on any atom is -0.493 e. The summed E-state index contributed by atoms with van der Waals surface area (Å²) in [6, 6.07) is 6.80. The summed E-state index contributed by atoms with van der Waals surface area (Å²) in [5, 5.41) is 3.53. The van der Waals surface area contributed by atoms with Crippen molar-refractivity contribution >= 4 is 0 Å². The Bertz CT molecular complexity index is 379. The first kappa shape index (κ1) is 13.4. The number of fused-ring (bicyclic) bond motifs is 1. The molecule has 1 aliphatic heterocycles. The van der Waals surface area contributed by atoms with Crippen molar-refractivity contribution < 1.29 is 9.47 Å². The van der Waals surface area contributed by atoms with Crippen LogP contribution in [0, 0.1) is 0 Å². The molecule has 0 fully saturated rings. The maximum absolute atomic E-state index is 5.78. The topological polar surface area (TPSA) is 30.5 Å². The van der Waals surface area contributed by atoms with Gasteiger partial charge in [0.25, 0.3) is 0 Å². The smallest absolute Gasteiger partial charge is 0.127 e. The highest BCUT2D eigenvalue weighted by Crippen LogP contribution is 2.34. The zero-order valence-corrected chi connectivity index (χ0v) is 11.4. The minimum atomic E-state index is 0.328. The largest absolute Gasteiger partial charge is 0.493 e. The maximum atomic E-state index is 5.78. The number of hydrogen-bond acceptors (Lipinski definition) is 3. The van der Waals surface area contributed by atoms with Crippen LogP contribution in [0.25, 0.3) is 0 Å². The Kier molecular flexibility index (Phi) is 5.02. The first-order valence-corrected chi connectivity index (χ1v) is 6.92. The van der Waals surface area contributed by atoms with E-state index in [0.717, 1.165) is 45.0 Å². The summed E-state index contributed by atoms with van der Waals surface area (Å²) in [4.78, 5) is 0. The maximum Gasteiger partial charge on any atom is 0.127 e. The Morgan fingerprint density at radius 3 is 3.06 bits per heavy atom. The molecule has 0 radical (unpaired) electrons. The van der Waals surface area contributed by atoms with Crippen LogP contribution in [0.2, 0.25) is 0 Å². The Hall–Kier alpha value is -1.06. The van der Waals surface area contributed by atoms with Gasteiger partial charge in [-0.15, -0.1) is 0 Å². The molecule has 0 saturated heterocycles. The van der Waals surface area contributed by atoms with E-state index in [1.54, 1.807) is 0 Å². The van der Waals surface area contributed by atoms with Gasteiger partial charge in [0.15, 0.2) is 0 Å². The van der Waals surface area contributed by atoms with Gasteiger partial charge in [-0.25, -0.2) is 0 Å². The third-order valence-corrected chi connectivity index (χ3v) is 3.33. The molecule has 0 bridgehead atoms. The van der Waals surface area contributed by atoms with Crippen molar-refractivity contribution in [3.63, 3.8) is 0 Å². The van der Waals surface area contributed by atoms with Gasteiger partial charge < -0.3 is 14.8 Å². The number of nitrogens with one attached hydrogen (secondary N) is 1. The molecule has 1 aromatic carbocycles. The molecule has 1 aliphatic rings. The monoisotopic (exact) mass is 249 g/mol. The van der Waals surface area contributed by atoms with Crippen LogP contribution in [0.4, 0.5) is 0 Å². The fraction of sp³-hybridized carbons (Fsp3) is 0.600. The van der Waals surface area contributed by atoms with Crippen LogP contribution in [-0.4, -0.2) is 26.4 Å². The molecule has 1 heterocycles. The van der Waals surface area contributed by atoms with E-state index < -0.39 is 0 Å². The predicted molar refractivity (Wildman–Crippen MR) is 73.2 cm³/mol. The van der Waals surface area contributed by atoms with Crippen molar-refractivity contribution in [2.24, 2.45) is 0 Å². The van der Waals surface area contributed by atoms with Crippen molar-refractivity contribution in [1.82, 2.24) is 5.32 Å². The second kappa shape index (κ2) is 6.76. The molecule has 0 aromatic heterocycles. The van der Waals surface area contributed by atoms with Crippen molar-refractivity contribution in [3.05, 3.63) is 29.3 Å². The molecule has 0 aliphatic carbocycles. The summed E-state index contributed by atoms with van der Waals surface area (Å²) in [7, 11) is 0. The van der Waals surface area contributed by atoms with Gasteiger partial charge in [-0.1, -0.05) is 25.1 Å². The fourth-order valence-corrected chi connectivity index (χ4v) is 2.47. The summed E-state index contributed by atoms with van der Waals surface area (Å²) < 4.78 is 11.3. The summed E-state index contributed by atoms with van der Waals surface area (Å²) in [5.41, 5.74) is 2.62. The standard InChI is InChI=1S/C15H23NO2/c1-3-16-14(9-10-17-4-2)13-7-5-6-12-8-11-18-15(12)13/h5-7,14,16H,3-4,8-11H2,1-2H3. The van der Waals surface area contributed by atoms with Crippen LogP contribution in [0.1, 0.15) is 37.4 Å². The van der Waals surface area contributed by atoms with Crippen LogP contribution in [-0.2, 0) is 11.2 Å². The lowest BCUT2D eigenvalue weighted by molar-refractivity contribution is 0.136. The highest BCUT2D eigenvalue weighted by Gasteiger charge is 2.21. The molecule has 0 amide bonds. The Morgan fingerprint density at radius 2 is 2.28 bits per heavy atom. The average Bonchev–Trinajstić information content (AvgIpc) is 2.86. The lowest BCUT2D eigenvalue weighted by atomic mass is 9.99. The molecular weight excluding hydrogens is 226 g/mol. The highest BCUT2D eigenvalue weighted by molar-refractivity contribution is 5.45. The van der Waals surface area contributed by atoms with Gasteiger partial charge in [0.05, 0.1) is 6.61 Å². The zero-order chi connectivity index (χ0) is 12.8. The van der Waals surface area contributed by atoms with Gasteiger partial charge in [0, 0.05) is 31.2 Å². The molecular formula is C15H23NO2. The lowest BCUT2D eigenvalue weighted by Crippen LogP contribution is -2.23. The highest BCUT2D eigenvalue weighted by atomic mass is 16.5. The van der Waals surface area contributed by atoms with Gasteiger partial charge >= 0.3 is 0 Å². The van der Waals surface area contributed by atoms with Crippen LogP contribution in [0.5, 0.6) is 5.75 Å². The molecule has 0 spiro atoms. The number of para-hydroxylation sites is 1. The third-order valence-electron chi connectivity index (χ3n) is 3.33. The van der Waals surface area contributed by atoms with Crippen molar-refractivity contribution in [1.29, 1.82) is 0 Å². The van der Waals surface area contributed by atoms with E-state index in [-0.39, 0.29) is 0 Å². The molecule has 100 valence electrons. The van der Waals surface area contributed by atoms with E-state index in [2.05, 4.69) is 30.4 Å². The summed E-state index contributed by atoms with van der Waals surface area (Å²) in [5.74, 6) is 1.10. The van der Waals surface area contributed by atoms with Gasteiger partial charge in [0.2, 0.25) is 0 Å². The van der Waals surface area contributed by atoms with Crippen LogP contribution in [0.15, 0.2) is 18.2 Å². The van der Waals surface area contributed by atoms with E-state index in [1.165, 1.54) is 11.1 Å². The molecule has 3 heteroatoms. The third kappa shape index (κ3) is 3.03. The van der Waals surface area contributed by atoms with Crippen LogP contribution >= 0.6 is 0 Å². The molecule has 2 rings (SSSR count). The van der Waals surface area contributed by atoms with Gasteiger partial charge in [-0.05, 0) is 25.5 Å². The molecule has 3 nitrogen and oxygen atoms in total. The van der Waals surface area contributed by atoms with Gasteiger partial charge in [-0.3, -0.25) is 0 Å².